The summed E-state index contributed by atoms with van der Waals surface area (Å²) in [4.78, 5) is 22.0. The van der Waals surface area contributed by atoms with Gasteiger partial charge in [0.25, 0.3) is 0 Å². The number of piperazine rings is 2. The molecule has 1 amide bonds. The number of aliphatic hydroxyl groups is 1. The molecule has 24 heavy (non-hydrogen) atoms. The Bertz CT molecular complexity index is 396. The molecular weight excluding hydrogens is 304 g/mol. The quantitative estimate of drug-likeness (QED) is 0.754. The molecule has 0 bridgehead atoms. The first-order valence-electron chi connectivity index (χ1n) is 9.63. The molecule has 2 aliphatic rings. The standard InChI is InChI=1S/C18H36N4O2/c1-5-17-14-21(11-12-22(17)13-15(3)23)16(4)18(24)20-9-7-19(6-2)8-10-20/h15-17,23H,5-14H2,1-4H3/t15-,16+,17-/m1/s1. The normalized spacial score (nSPS) is 27.2. The highest BCUT2D eigenvalue weighted by atomic mass is 16.3. The summed E-state index contributed by atoms with van der Waals surface area (Å²) in [5, 5.41) is 9.67. The number of aliphatic hydroxyl groups excluding tert-OH is 1. The molecule has 0 aliphatic carbocycles. The zero-order valence-electron chi connectivity index (χ0n) is 15.9. The molecule has 0 unspecified atom stereocenters. The van der Waals surface area contributed by atoms with E-state index in [0.29, 0.717) is 6.04 Å². The molecule has 2 fully saturated rings. The van der Waals surface area contributed by atoms with Crippen LogP contribution < -0.4 is 0 Å². The maximum Gasteiger partial charge on any atom is 0.239 e. The van der Waals surface area contributed by atoms with Crippen LogP contribution in [0.3, 0.4) is 0 Å². The minimum absolute atomic E-state index is 0.0408. The molecule has 0 radical (unpaired) electrons. The molecule has 6 nitrogen and oxygen atoms in total. The summed E-state index contributed by atoms with van der Waals surface area (Å²) >= 11 is 0. The summed E-state index contributed by atoms with van der Waals surface area (Å²) < 4.78 is 0. The van der Waals surface area contributed by atoms with E-state index in [-0.39, 0.29) is 18.1 Å². The van der Waals surface area contributed by atoms with Gasteiger partial charge in [-0.1, -0.05) is 13.8 Å². The van der Waals surface area contributed by atoms with Gasteiger partial charge < -0.3 is 14.9 Å². The largest absolute Gasteiger partial charge is 0.392 e. The minimum atomic E-state index is -0.292. The fourth-order valence-electron chi connectivity index (χ4n) is 3.94. The van der Waals surface area contributed by atoms with E-state index in [1.54, 1.807) is 0 Å². The van der Waals surface area contributed by atoms with Crippen LogP contribution in [0.1, 0.15) is 34.1 Å². The zero-order chi connectivity index (χ0) is 17.7. The Hall–Kier alpha value is -0.690. The summed E-state index contributed by atoms with van der Waals surface area (Å²) in [6, 6.07) is 0.390. The van der Waals surface area contributed by atoms with Gasteiger partial charge in [0.15, 0.2) is 0 Å². The lowest BCUT2D eigenvalue weighted by atomic mass is 10.1. The highest BCUT2D eigenvalue weighted by Crippen LogP contribution is 2.17. The molecule has 0 spiro atoms. The highest BCUT2D eigenvalue weighted by molar-refractivity contribution is 5.81. The second-order valence-electron chi connectivity index (χ2n) is 7.34. The number of rotatable bonds is 6. The van der Waals surface area contributed by atoms with E-state index in [2.05, 4.69) is 35.5 Å². The smallest absolute Gasteiger partial charge is 0.239 e. The third kappa shape index (κ3) is 4.91. The Morgan fingerprint density at radius 3 is 2.29 bits per heavy atom. The Morgan fingerprint density at radius 1 is 1.08 bits per heavy atom. The average Bonchev–Trinajstić information content (AvgIpc) is 2.60. The van der Waals surface area contributed by atoms with Gasteiger partial charge in [-0.3, -0.25) is 14.6 Å². The van der Waals surface area contributed by atoms with Gasteiger partial charge in [-0.25, -0.2) is 0 Å². The Kier molecular flexibility index (Phi) is 7.47. The molecule has 2 rings (SSSR count). The van der Waals surface area contributed by atoms with Crippen molar-refractivity contribution in [2.45, 2.75) is 52.3 Å². The van der Waals surface area contributed by atoms with Crippen LogP contribution in [-0.4, -0.2) is 108 Å². The van der Waals surface area contributed by atoms with E-state index >= 15 is 0 Å². The summed E-state index contributed by atoms with van der Waals surface area (Å²) in [5.74, 6) is 0.282. The molecule has 2 aliphatic heterocycles. The lowest BCUT2D eigenvalue weighted by Gasteiger charge is -2.45. The molecule has 1 N–H and O–H groups in total. The third-order valence-electron chi connectivity index (χ3n) is 5.64. The molecule has 2 heterocycles. The average molecular weight is 341 g/mol. The van der Waals surface area contributed by atoms with Gasteiger partial charge in [-0.2, -0.15) is 0 Å². The fraction of sp³-hybridized carbons (Fsp3) is 0.944. The lowest BCUT2D eigenvalue weighted by Crippen LogP contribution is -2.60. The van der Waals surface area contributed by atoms with Crippen molar-refractivity contribution in [1.82, 2.24) is 19.6 Å². The monoisotopic (exact) mass is 340 g/mol. The summed E-state index contributed by atoms with van der Waals surface area (Å²) in [7, 11) is 0. The highest BCUT2D eigenvalue weighted by Gasteiger charge is 2.33. The van der Waals surface area contributed by atoms with Crippen LogP contribution in [0.5, 0.6) is 0 Å². The molecular formula is C18H36N4O2. The molecule has 140 valence electrons. The van der Waals surface area contributed by atoms with Gasteiger partial charge in [-0.15, -0.1) is 0 Å². The SMILES string of the molecule is CC[C@@H]1CN([C@@H](C)C(=O)N2CCN(CC)CC2)CCN1C[C@@H](C)O. The Balaban J connectivity index is 1.88. The van der Waals surface area contributed by atoms with E-state index in [1.807, 2.05) is 11.8 Å². The van der Waals surface area contributed by atoms with Gasteiger partial charge in [0, 0.05) is 58.4 Å². The van der Waals surface area contributed by atoms with Crippen LogP contribution in [0.4, 0.5) is 0 Å². The summed E-state index contributed by atoms with van der Waals surface area (Å²) in [6.07, 6.45) is 0.763. The fourth-order valence-corrected chi connectivity index (χ4v) is 3.94. The zero-order valence-corrected chi connectivity index (χ0v) is 15.9. The first-order valence-corrected chi connectivity index (χ1v) is 9.63. The van der Waals surface area contributed by atoms with E-state index in [4.69, 9.17) is 0 Å². The molecule has 0 saturated carbocycles. The van der Waals surface area contributed by atoms with Crippen molar-refractivity contribution in [3.8, 4) is 0 Å². The first-order chi connectivity index (χ1) is 11.5. The van der Waals surface area contributed by atoms with Crippen LogP contribution in [0, 0.1) is 0 Å². The summed E-state index contributed by atoms with van der Waals surface area (Å²) in [5.41, 5.74) is 0. The van der Waals surface area contributed by atoms with Crippen molar-refractivity contribution in [2.24, 2.45) is 0 Å². The molecule has 3 atom stereocenters. The van der Waals surface area contributed by atoms with Crippen LogP contribution in [0.25, 0.3) is 0 Å². The van der Waals surface area contributed by atoms with Crippen molar-refractivity contribution in [1.29, 1.82) is 0 Å². The van der Waals surface area contributed by atoms with E-state index in [1.165, 1.54) is 0 Å². The van der Waals surface area contributed by atoms with Crippen LogP contribution in [-0.2, 0) is 4.79 Å². The number of β-amino-alcohol motifs (C(OH)–C–C–N with tert-alkyl or cyclic N) is 1. The lowest BCUT2D eigenvalue weighted by molar-refractivity contribution is -0.139. The van der Waals surface area contributed by atoms with E-state index in [9.17, 15) is 9.90 Å². The number of likely N-dealkylation sites (N-methyl/N-ethyl adjacent to an activating group) is 1. The first kappa shape index (κ1) is 19.6. The van der Waals surface area contributed by atoms with E-state index < -0.39 is 0 Å². The van der Waals surface area contributed by atoms with Crippen molar-refractivity contribution in [2.75, 3.05) is 58.9 Å². The molecule has 0 aromatic heterocycles. The second kappa shape index (κ2) is 9.13. The minimum Gasteiger partial charge on any atom is -0.392 e. The number of carbonyl (C=O) groups excluding carboxylic acids is 1. The topological polar surface area (TPSA) is 50.3 Å². The van der Waals surface area contributed by atoms with Crippen molar-refractivity contribution in [3.05, 3.63) is 0 Å². The Labute approximate surface area is 147 Å². The second-order valence-corrected chi connectivity index (χ2v) is 7.34. The van der Waals surface area contributed by atoms with Crippen LogP contribution in [0.2, 0.25) is 0 Å². The van der Waals surface area contributed by atoms with Gasteiger partial charge in [0.2, 0.25) is 5.91 Å². The number of hydrogen-bond donors (Lipinski definition) is 1. The van der Waals surface area contributed by atoms with Gasteiger partial charge in [-0.05, 0) is 26.8 Å². The van der Waals surface area contributed by atoms with Crippen molar-refractivity contribution >= 4 is 5.91 Å². The number of amides is 1. The predicted octanol–water partition coefficient (Wildman–Crippen LogP) is 0.316. The number of nitrogens with zero attached hydrogens (tertiary/aromatic N) is 4. The number of hydrogen-bond acceptors (Lipinski definition) is 5. The molecule has 2 saturated heterocycles. The Morgan fingerprint density at radius 2 is 1.75 bits per heavy atom. The van der Waals surface area contributed by atoms with Gasteiger partial charge in [0.05, 0.1) is 12.1 Å². The molecule has 0 aromatic carbocycles. The van der Waals surface area contributed by atoms with E-state index in [0.717, 1.165) is 65.3 Å². The number of carbonyl (C=O) groups is 1. The summed E-state index contributed by atoms with van der Waals surface area (Å²) in [6.45, 7) is 16.6. The van der Waals surface area contributed by atoms with Gasteiger partial charge in [0.1, 0.15) is 0 Å². The third-order valence-corrected chi connectivity index (χ3v) is 5.64. The molecule has 0 aromatic rings. The maximum absolute atomic E-state index is 12.9. The van der Waals surface area contributed by atoms with Crippen LogP contribution >= 0.6 is 0 Å². The van der Waals surface area contributed by atoms with Gasteiger partial charge >= 0.3 is 0 Å². The maximum atomic E-state index is 12.9. The van der Waals surface area contributed by atoms with Crippen molar-refractivity contribution < 1.29 is 9.90 Å². The van der Waals surface area contributed by atoms with Crippen LogP contribution in [0.15, 0.2) is 0 Å². The predicted molar refractivity (Wildman–Crippen MR) is 97.1 cm³/mol. The molecule has 6 heteroatoms. The van der Waals surface area contributed by atoms with Crippen molar-refractivity contribution in [3.63, 3.8) is 0 Å².